The lowest BCUT2D eigenvalue weighted by Gasteiger charge is -2.00. The van der Waals surface area contributed by atoms with Crippen LogP contribution >= 0.6 is 15.9 Å². The summed E-state index contributed by atoms with van der Waals surface area (Å²) in [5.74, 6) is 0. The highest BCUT2D eigenvalue weighted by Crippen LogP contribution is 2.17. The molecule has 0 bridgehead atoms. The third kappa shape index (κ3) is 2.96. The molecule has 0 aliphatic carbocycles. The summed E-state index contributed by atoms with van der Waals surface area (Å²) in [4.78, 5) is 0. The molecule has 3 rings (SSSR count). The Bertz CT molecular complexity index is 699. The SMILES string of the molecule is Cc1ccc(-c2cn(Cc3ccc(Br)cc3)nn2)cc1. The van der Waals surface area contributed by atoms with E-state index in [1.807, 2.05) is 23.0 Å². The summed E-state index contributed by atoms with van der Waals surface area (Å²) in [6.45, 7) is 2.81. The Balaban J connectivity index is 1.80. The molecular weight excluding hydrogens is 314 g/mol. The van der Waals surface area contributed by atoms with Gasteiger partial charge in [0.1, 0.15) is 5.69 Å². The van der Waals surface area contributed by atoms with Crippen molar-refractivity contribution in [1.29, 1.82) is 0 Å². The molecule has 0 fully saturated rings. The molecule has 0 amide bonds. The number of rotatable bonds is 3. The summed E-state index contributed by atoms with van der Waals surface area (Å²) < 4.78 is 2.94. The fourth-order valence-electron chi connectivity index (χ4n) is 2.01. The first-order valence-corrected chi connectivity index (χ1v) is 7.21. The molecule has 1 heterocycles. The van der Waals surface area contributed by atoms with Crippen molar-refractivity contribution >= 4 is 15.9 Å². The van der Waals surface area contributed by atoms with Crippen LogP contribution < -0.4 is 0 Å². The number of hydrogen-bond donors (Lipinski definition) is 0. The molecule has 0 spiro atoms. The van der Waals surface area contributed by atoms with Gasteiger partial charge < -0.3 is 0 Å². The van der Waals surface area contributed by atoms with E-state index in [2.05, 4.69) is 69.6 Å². The third-order valence-corrected chi connectivity index (χ3v) is 3.67. The molecule has 20 heavy (non-hydrogen) atoms. The monoisotopic (exact) mass is 327 g/mol. The molecule has 2 aromatic carbocycles. The molecule has 0 aliphatic heterocycles. The lowest BCUT2D eigenvalue weighted by molar-refractivity contribution is 0.650. The van der Waals surface area contributed by atoms with Crippen LogP contribution in [-0.4, -0.2) is 15.0 Å². The Labute approximate surface area is 126 Å². The normalized spacial score (nSPS) is 10.7. The minimum atomic E-state index is 0.728. The predicted molar refractivity (Wildman–Crippen MR) is 83.4 cm³/mol. The summed E-state index contributed by atoms with van der Waals surface area (Å²) in [7, 11) is 0. The van der Waals surface area contributed by atoms with Crippen LogP contribution in [0.5, 0.6) is 0 Å². The number of hydrogen-bond acceptors (Lipinski definition) is 2. The van der Waals surface area contributed by atoms with Crippen LogP contribution in [0.3, 0.4) is 0 Å². The molecule has 0 atom stereocenters. The highest BCUT2D eigenvalue weighted by Gasteiger charge is 2.04. The van der Waals surface area contributed by atoms with Gasteiger partial charge in [-0.3, -0.25) is 0 Å². The second kappa shape index (κ2) is 5.59. The first kappa shape index (κ1) is 13.1. The fourth-order valence-corrected chi connectivity index (χ4v) is 2.27. The Kier molecular flexibility index (Phi) is 3.65. The first-order chi connectivity index (χ1) is 9.70. The second-order valence-electron chi connectivity index (χ2n) is 4.79. The first-order valence-electron chi connectivity index (χ1n) is 6.42. The largest absolute Gasteiger partial charge is 0.247 e. The molecule has 100 valence electrons. The minimum absolute atomic E-state index is 0.728. The minimum Gasteiger partial charge on any atom is -0.247 e. The van der Waals surface area contributed by atoms with Crippen molar-refractivity contribution in [1.82, 2.24) is 15.0 Å². The van der Waals surface area contributed by atoms with Crippen molar-refractivity contribution in [3.05, 3.63) is 70.3 Å². The van der Waals surface area contributed by atoms with Crippen LogP contribution in [-0.2, 0) is 6.54 Å². The maximum Gasteiger partial charge on any atom is 0.113 e. The number of benzene rings is 2. The highest BCUT2D eigenvalue weighted by atomic mass is 79.9. The van der Waals surface area contributed by atoms with E-state index in [1.54, 1.807) is 0 Å². The van der Waals surface area contributed by atoms with Gasteiger partial charge in [-0.25, -0.2) is 4.68 Å². The predicted octanol–water partition coefficient (Wildman–Crippen LogP) is 4.06. The smallest absolute Gasteiger partial charge is 0.113 e. The van der Waals surface area contributed by atoms with E-state index < -0.39 is 0 Å². The Morgan fingerprint density at radius 2 is 1.70 bits per heavy atom. The van der Waals surface area contributed by atoms with Crippen LogP contribution in [0.15, 0.2) is 59.2 Å². The van der Waals surface area contributed by atoms with Crippen LogP contribution in [0.2, 0.25) is 0 Å². The quantitative estimate of drug-likeness (QED) is 0.726. The van der Waals surface area contributed by atoms with Crippen molar-refractivity contribution in [3.8, 4) is 11.3 Å². The molecule has 0 saturated carbocycles. The maximum absolute atomic E-state index is 4.23. The number of aromatic nitrogens is 3. The van der Waals surface area contributed by atoms with Crippen LogP contribution in [0, 0.1) is 6.92 Å². The zero-order chi connectivity index (χ0) is 13.9. The van der Waals surface area contributed by atoms with Gasteiger partial charge in [-0.15, -0.1) is 5.10 Å². The molecule has 1 aromatic heterocycles. The standard InChI is InChI=1S/C16H14BrN3/c1-12-2-6-14(7-3-12)16-11-20(19-18-16)10-13-4-8-15(17)9-5-13/h2-9,11H,10H2,1H3. The molecule has 0 N–H and O–H groups in total. The lowest BCUT2D eigenvalue weighted by atomic mass is 10.1. The second-order valence-corrected chi connectivity index (χ2v) is 5.71. The molecule has 0 unspecified atom stereocenters. The molecule has 0 radical (unpaired) electrons. The zero-order valence-electron chi connectivity index (χ0n) is 11.1. The van der Waals surface area contributed by atoms with Gasteiger partial charge in [-0.2, -0.15) is 0 Å². The highest BCUT2D eigenvalue weighted by molar-refractivity contribution is 9.10. The maximum atomic E-state index is 4.23. The van der Waals surface area contributed by atoms with Crippen molar-refractivity contribution in [2.75, 3.05) is 0 Å². The molecule has 3 nitrogen and oxygen atoms in total. The number of aryl methyl sites for hydroxylation is 1. The Hall–Kier alpha value is -1.94. The van der Waals surface area contributed by atoms with E-state index >= 15 is 0 Å². The topological polar surface area (TPSA) is 30.7 Å². The average molecular weight is 328 g/mol. The van der Waals surface area contributed by atoms with Gasteiger partial charge in [0.25, 0.3) is 0 Å². The van der Waals surface area contributed by atoms with Gasteiger partial charge in [0.2, 0.25) is 0 Å². The summed E-state index contributed by atoms with van der Waals surface area (Å²) in [6, 6.07) is 16.5. The molecule has 3 aromatic rings. The van der Waals surface area contributed by atoms with Gasteiger partial charge in [-0.05, 0) is 24.6 Å². The summed E-state index contributed by atoms with van der Waals surface area (Å²) in [5, 5.41) is 8.42. The van der Waals surface area contributed by atoms with Gasteiger partial charge in [0, 0.05) is 10.0 Å². The van der Waals surface area contributed by atoms with Crippen LogP contribution in [0.1, 0.15) is 11.1 Å². The van der Waals surface area contributed by atoms with E-state index in [9.17, 15) is 0 Å². The van der Waals surface area contributed by atoms with Crippen molar-refractivity contribution in [3.63, 3.8) is 0 Å². The lowest BCUT2D eigenvalue weighted by Crippen LogP contribution is -1.99. The molecule has 0 aliphatic rings. The zero-order valence-corrected chi connectivity index (χ0v) is 12.7. The summed E-state index contributed by atoms with van der Waals surface area (Å²) in [5.41, 5.74) is 4.45. The number of nitrogens with zero attached hydrogens (tertiary/aromatic N) is 3. The molecule has 4 heteroatoms. The average Bonchev–Trinajstić information content (AvgIpc) is 2.91. The third-order valence-electron chi connectivity index (χ3n) is 3.14. The van der Waals surface area contributed by atoms with Gasteiger partial charge >= 0.3 is 0 Å². The summed E-state index contributed by atoms with van der Waals surface area (Å²) >= 11 is 3.44. The van der Waals surface area contributed by atoms with E-state index in [-0.39, 0.29) is 0 Å². The Morgan fingerprint density at radius 1 is 1.00 bits per heavy atom. The fraction of sp³-hybridized carbons (Fsp3) is 0.125. The van der Waals surface area contributed by atoms with Gasteiger partial charge in [0.05, 0.1) is 12.7 Å². The van der Waals surface area contributed by atoms with Gasteiger partial charge in [-0.1, -0.05) is 63.1 Å². The van der Waals surface area contributed by atoms with Crippen LogP contribution in [0.25, 0.3) is 11.3 Å². The van der Waals surface area contributed by atoms with Crippen molar-refractivity contribution in [2.45, 2.75) is 13.5 Å². The van der Waals surface area contributed by atoms with E-state index in [0.29, 0.717) is 0 Å². The van der Waals surface area contributed by atoms with E-state index in [1.165, 1.54) is 11.1 Å². The van der Waals surface area contributed by atoms with Crippen LogP contribution in [0.4, 0.5) is 0 Å². The Morgan fingerprint density at radius 3 is 2.40 bits per heavy atom. The number of halogens is 1. The van der Waals surface area contributed by atoms with Crippen molar-refractivity contribution in [2.24, 2.45) is 0 Å². The van der Waals surface area contributed by atoms with Crippen molar-refractivity contribution < 1.29 is 0 Å². The summed E-state index contributed by atoms with van der Waals surface area (Å²) in [6.07, 6.45) is 1.98. The molecular formula is C16H14BrN3. The molecule has 0 saturated heterocycles. The van der Waals surface area contributed by atoms with E-state index in [0.717, 1.165) is 22.3 Å². The van der Waals surface area contributed by atoms with Gasteiger partial charge in [0.15, 0.2) is 0 Å². The van der Waals surface area contributed by atoms with E-state index in [4.69, 9.17) is 0 Å².